The van der Waals surface area contributed by atoms with Crippen molar-refractivity contribution in [2.24, 2.45) is 0 Å². The molecule has 1 atom stereocenters. The van der Waals surface area contributed by atoms with Crippen LogP contribution in [0.25, 0.3) is 0 Å². The van der Waals surface area contributed by atoms with Gasteiger partial charge in [-0.2, -0.15) is 0 Å². The van der Waals surface area contributed by atoms with Crippen LogP contribution in [0.15, 0.2) is 48.5 Å². The maximum Gasteiger partial charge on any atom is 0.337 e. The highest BCUT2D eigenvalue weighted by Gasteiger charge is 2.14. The summed E-state index contributed by atoms with van der Waals surface area (Å²) in [5.41, 5.74) is 1.95. The first-order valence-corrected chi connectivity index (χ1v) is 9.10. The van der Waals surface area contributed by atoms with Crippen molar-refractivity contribution in [1.82, 2.24) is 5.32 Å². The van der Waals surface area contributed by atoms with Gasteiger partial charge in [-0.15, -0.1) is 0 Å². The van der Waals surface area contributed by atoms with E-state index in [1.165, 1.54) is 7.11 Å². The molecule has 2 aromatic carbocycles. The molecule has 154 valence electrons. The molecule has 2 aromatic rings. The molecule has 0 aromatic heterocycles. The smallest absolute Gasteiger partial charge is 0.337 e. The average molecular weight is 400 g/mol. The summed E-state index contributed by atoms with van der Waals surface area (Å²) in [6, 6.07) is 13.9. The molecule has 0 bridgehead atoms. The van der Waals surface area contributed by atoms with Crippen LogP contribution in [0.2, 0.25) is 0 Å². The lowest BCUT2D eigenvalue weighted by Gasteiger charge is -2.14. The number of ether oxygens (including phenoxy) is 2. The summed E-state index contributed by atoms with van der Waals surface area (Å²) in [6.45, 7) is 0.647. The largest absolute Gasteiger partial charge is 0.497 e. The Morgan fingerprint density at radius 1 is 0.966 bits per heavy atom. The van der Waals surface area contributed by atoms with Crippen LogP contribution in [-0.4, -0.2) is 52.1 Å². The third kappa shape index (κ3) is 7.27. The van der Waals surface area contributed by atoms with Crippen molar-refractivity contribution in [1.29, 1.82) is 0 Å². The third-order valence-corrected chi connectivity index (χ3v) is 4.14. The molecule has 0 heterocycles. The normalized spacial score (nSPS) is 11.3. The molecule has 8 nitrogen and oxygen atoms in total. The molecular weight excluding hydrogens is 374 g/mol. The number of carbonyl (C=O) groups is 3. The fraction of sp³-hybridized carbons (Fsp3) is 0.286. The summed E-state index contributed by atoms with van der Waals surface area (Å²) in [5, 5.41) is 5.59. The first-order chi connectivity index (χ1) is 13.9. The van der Waals surface area contributed by atoms with Gasteiger partial charge in [0.1, 0.15) is 5.75 Å². The van der Waals surface area contributed by atoms with E-state index in [-0.39, 0.29) is 24.9 Å². The minimum atomic E-state index is -0.405. The van der Waals surface area contributed by atoms with E-state index in [0.29, 0.717) is 23.5 Å². The molecule has 8 heteroatoms. The fourth-order valence-electron chi connectivity index (χ4n) is 2.66. The van der Waals surface area contributed by atoms with Crippen LogP contribution in [0.5, 0.6) is 5.75 Å². The Labute approximate surface area is 169 Å². The van der Waals surface area contributed by atoms with Gasteiger partial charge in [-0.25, -0.2) is 4.79 Å². The van der Waals surface area contributed by atoms with E-state index in [9.17, 15) is 14.4 Å². The van der Waals surface area contributed by atoms with Gasteiger partial charge in [0.05, 0.1) is 26.8 Å². The Morgan fingerprint density at radius 2 is 1.66 bits per heavy atom. The van der Waals surface area contributed by atoms with Crippen molar-refractivity contribution >= 4 is 23.5 Å². The van der Waals surface area contributed by atoms with Crippen LogP contribution in [0, 0.1) is 0 Å². The number of benzene rings is 2. The summed E-state index contributed by atoms with van der Waals surface area (Å²) in [4.78, 5) is 36.4. The molecule has 2 rings (SSSR count). The van der Waals surface area contributed by atoms with Crippen molar-refractivity contribution in [3.8, 4) is 5.75 Å². The summed E-state index contributed by atoms with van der Waals surface area (Å²) < 4.78 is 9.77. The molecule has 0 aliphatic heterocycles. The van der Waals surface area contributed by atoms with Gasteiger partial charge in [0.15, 0.2) is 13.1 Å². The van der Waals surface area contributed by atoms with Crippen LogP contribution >= 0.6 is 0 Å². The molecule has 3 N–H and O–H groups in total. The summed E-state index contributed by atoms with van der Waals surface area (Å²) in [7, 11) is 4.66. The Morgan fingerprint density at radius 3 is 2.31 bits per heavy atom. The summed E-state index contributed by atoms with van der Waals surface area (Å²) >= 11 is 0. The van der Waals surface area contributed by atoms with Gasteiger partial charge in [0, 0.05) is 18.3 Å². The molecule has 0 spiro atoms. The predicted octanol–water partition coefficient (Wildman–Crippen LogP) is 0.251. The zero-order valence-electron chi connectivity index (χ0n) is 16.8. The zero-order valence-corrected chi connectivity index (χ0v) is 16.8. The highest BCUT2D eigenvalue weighted by molar-refractivity contribution is 5.91. The van der Waals surface area contributed by atoms with Crippen LogP contribution in [0.1, 0.15) is 15.9 Å². The van der Waals surface area contributed by atoms with Crippen LogP contribution in [-0.2, 0) is 20.9 Å². The molecule has 0 aliphatic rings. The number of methoxy groups -OCH3 is 2. The number of likely N-dealkylation sites (N-methyl/N-ethyl adjacent to an activating group) is 1. The fourth-order valence-corrected chi connectivity index (χ4v) is 2.66. The number of rotatable bonds is 9. The predicted molar refractivity (Wildman–Crippen MR) is 108 cm³/mol. The Balaban J connectivity index is 1.75. The minimum Gasteiger partial charge on any atom is -0.497 e. The number of hydrogen-bond acceptors (Lipinski definition) is 5. The first-order valence-electron chi connectivity index (χ1n) is 9.10. The standard InChI is InChI=1S/C21H25N3O5/c1-24(14-20(26)23-17-5-4-6-18(11-17)28-2)13-19(25)22-12-15-7-9-16(10-8-15)21(27)29-3/h4-11H,12-14H2,1-3H3,(H,22,25)(H,23,26)/p+1. The first kappa shape index (κ1) is 21.9. The second-order valence-corrected chi connectivity index (χ2v) is 6.56. The monoisotopic (exact) mass is 400 g/mol. The Hall–Kier alpha value is -3.39. The van der Waals surface area contributed by atoms with Gasteiger partial charge in [-0.05, 0) is 29.8 Å². The third-order valence-electron chi connectivity index (χ3n) is 4.14. The maximum absolute atomic E-state index is 12.2. The highest BCUT2D eigenvalue weighted by atomic mass is 16.5. The lowest BCUT2D eigenvalue weighted by Crippen LogP contribution is -3.11. The van der Waals surface area contributed by atoms with Crippen molar-refractivity contribution in [3.05, 3.63) is 59.7 Å². The molecule has 2 amide bonds. The molecule has 0 fully saturated rings. The van der Waals surface area contributed by atoms with E-state index >= 15 is 0 Å². The number of hydrogen-bond donors (Lipinski definition) is 3. The van der Waals surface area contributed by atoms with Crippen LogP contribution in [0.4, 0.5) is 5.69 Å². The van der Waals surface area contributed by atoms with Gasteiger partial charge in [-0.3, -0.25) is 9.59 Å². The van der Waals surface area contributed by atoms with Crippen molar-refractivity contribution in [3.63, 3.8) is 0 Å². The molecular formula is C21H26N3O5+. The average Bonchev–Trinajstić information content (AvgIpc) is 2.71. The van der Waals surface area contributed by atoms with E-state index in [1.807, 2.05) is 0 Å². The van der Waals surface area contributed by atoms with Crippen LogP contribution in [0.3, 0.4) is 0 Å². The Kier molecular flexibility index (Phi) is 8.17. The number of amides is 2. The number of esters is 1. The number of anilines is 1. The lowest BCUT2D eigenvalue weighted by atomic mass is 10.1. The van der Waals surface area contributed by atoms with E-state index < -0.39 is 5.97 Å². The molecule has 0 aliphatic carbocycles. The minimum absolute atomic E-state index is 0.151. The van der Waals surface area contributed by atoms with Gasteiger partial charge in [-0.1, -0.05) is 18.2 Å². The van der Waals surface area contributed by atoms with Gasteiger partial charge in [0.25, 0.3) is 11.8 Å². The van der Waals surface area contributed by atoms with Gasteiger partial charge < -0.3 is 25.0 Å². The number of carbonyl (C=O) groups excluding carboxylic acids is 3. The zero-order chi connectivity index (χ0) is 21.2. The summed E-state index contributed by atoms with van der Waals surface area (Å²) in [6.07, 6.45) is 0. The van der Waals surface area contributed by atoms with E-state index in [1.54, 1.807) is 62.7 Å². The van der Waals surface area contributed by atoms with Crippen molar-refractivity contribution in [2.75, 3.05) is 39.7 Å². The Bertz CT molecular complexity index is 852. The van der Waals surface area contributed by atoms with E-state index in [2.05, 4.69) is 15.4 Å². The van der Waals surface area contributed by atoms with Crippen molar-refractivity contribution in [2.45, 2.75) is 6.54 Å². The second-order valence-electron chi connectivity index (χ2n) is 6.56. The van der Waals surface area contributed by atoms with E-state index in [0.717, 1.165) is 10.5 Å². The summed E-state index contributed by atoms with van der Waals surface area (Å²) in [5.74, 6) is -0.115. The second kappa shape index (κ2) is 10.8. The molecule has 1 unspecified atom stereocenters. The number of quaternary nitrogens is 1. The quantitative estimate of drug-likeness (QED) is 0.525. The van der Waals surface area contributed by atoms with Crippen LogP contribution < -0.4 is 20.3 Å². The van der Waals surface area contributed by atoms with Gasteiger partial charge in [0.2, 0.25) is 0 Å². The van der Waals surface area contributed by atoms with Crippen molar-refractivity contribution < 1.29 is 28.8 Å². The van der Waals surface area contributed by atoms with E-state index in [4.69, 9.17) is 4.74 Å². The highest BCUT2D eigenvalue weighted by Crippen LogP contribution is 2.16. The maximum atomic E-state index is 12.2. The molecule has 0 radical (unpaired) electrons. The SMILES string of the molecule is COC(=O)c1ccc(CNC(=O)C[NH+](C)CC(=O)Nc2cccc(OC)c2)cc1. The molecule has 29 heavy (non-hydrogen) atoms. The lowest BCUT2D eigenvalue weighted by molar-refractivity contribution is -0.862. The number of nitrogens with one attached hydrogen (secondary N) is 3. The molecule has 0 saturated carbocycles. The topological polar surface area (TPSA) is 98.2 Å². The molecule has 0 saturated heterocycles. The van der Waals surface area contributed by atoms with Gasteiger partial charge >= 0.3 is 5.97 Å².